The third-order valence-electron chi connectivity index (χ3n) is 3.90. The van der Waals surface area contributed by atoms with E-state index in [0.29, 0.717) is 28.7 Å². The first kappa shape index (κ1) is 16.8. The minimum Gasteiger partial charge on any atom is -0.384 e. The molecule has 1 fully saturated rings. The van der Waals surface area contributed by atoms with E-state index in [9.17, 15) is 9.59 Å². The summed E-state index contributed by atoms with van der Waals surface area (Å²) in [6, 6.07) is 9.08. The van der Waals surface area contributed by atoms with Crippen molar-refractivity contribution in [1.29, 1.82) is 0 Å². The molecular formula is C18H21N5O2. The van der Waals surface area contributed by atoms with Gasteiger partial charge in [0.05, 0.1) is 11.3 Å². The molecule has 0 atom stereocenters. The third kappa shape index (κ3) is 4.69. The maximum atomic E-state index is 11.6. The molecule has 7 heteroatoms. The van der Waals surface area contributed by atoms with Gasteiger partial charge >= 0.3 is 0 Å². The van der Waals surface area contributed by atoms with E-state index in [1.165, 1.54) is 26.0 Å². The van der Waals surface area contributed by atoms with Crippen molar-refractivity contribution in [3.63, 3.8) is 0 Å². The number of anilines is 4. The summed E-state index contributed by atoms with van der Waals surface area (Å²) in [5, 5.41) is 9.19. The summed E-state index contributed by atoms with van der Waals surface area (Å²) in [4.78, 5) is 27.0. The first-order valence-corrected chi connectivity index (χ1v) is 8.19. The lowest BCUT2D eigenvalue weighted by Gasteiger charge is -2.13. The van der Waals surface area contributed by atoms with Gasteiger partial charge in [0.1, 0.15) is 5.82 Å². The number of nitrogens with two attached hydrogens (primary N) is 1. The van der Waals surface area contributed by atoms with E-state index < -0.39 is 5.91 Å². The van der Waals surface area contributed by atoms with Gasteiger partial charge in [0, 0.05) is 37.1 Å². The maximum Gasteiger partial charge on any atom is 0.252 e. The van der Waals surface area contributed by atoms with E-state index in [1.54, 1.807) is 12.1 Å². The molecule has 1 heterocycles. The number of nitrogens with one attached hydrogen (secondary N) is 3. The van der Waals surface area contributed by atoms with E-state index in [2.05, 4.69) is 20.9 Å². The smallest absolute Gasteiger partial charge is 0.252 e. The Morgan fingerprint density at radius 2 is 2.00 bits per heavy atom. The number of rotatable bonds is 7. The van der Waals surface area contributed by atoms with E-state index in [-0.39, 0.29) is 5.91 Å². The fourth-order valence-corrected chi connectivity index (χ4v) is 2.47. The number of hydrogen-bond acceptors (Lipinski definition) is 5. The summed E-state index contributed by atoms with van der Waals surface area (Å²) in [5.41, 5.74) is 7.94. The maximum absolute atomic E-state index is 11.6. The lowest BCUT2D eigenvalue weighted by molar-refractivity contribution is -0.114. The number of amides is 2. The molecule has 0 unspecified atom stereocenters. The molecule has 5 N–H and O–H groups in total. The van der Waals surface area contributed by atoms with Gasteiger partial charge in [-0.15, -0.1) is 0 Å². The topological polar surface area (TPSA) is 109 Å². The molecular weight excluding hydrogens is 318 g/mol. The van der Waals surface area contributed by atoms with Crippen LogP contribution in [0.25, 0.3) is 0 Å². The second-order valence-electron chi connectivity index (χ2n) is 6.19. The number of primary amides is 1. The Labute approximate surface area is 146 Å². The van der Waals surface area contributed by atoms with Crippen LogP contribution in [0.4, 0.5) is 22.9 Å². The van der Waals surface area contributed by atoms with Crippen LogP contribution >= 0.6 is 0 Å². The molecule has 25 heavy (non-hydrogen) atoms. The van der Waals surface area contributed by atoms with Gasteiger partial charge in [0.25, 0.3) is 5.91 Å². The predicted molar refractivity (Wildman–Crippen MR) is 98.0 cm³/mol. The zero-order chi connectivity index (χ0) is 17.8. The Morgan fingerprint density at radius 3 is 2.68 bits per heavy atom. The van der Waals surface area contributed by atoms with Gasteiger partial charge in [-0.1, -0.05) is 6.07 Å². The van der Waals surface area contributed by atoms with Crippen LogP contribution in [0, 0.1) is 5.92 Å². The number of carbonyl (C=O) groups excluding carboxylic acids is 2. The second kappa shape index (κ2) is 7.21. The molecule has 0 saturated heterocycles. The minimum atomic E-state index is -0.509. The predicted octanol–water partition coefficient (Wildman–Crippen LogP) is 2.70. The molecule has 130 valence electrons. The van der Waals surface area contributed by atoms with Crippen molar-refractivity contribution in [2.45, 2.75) is 19.8 Å². The van der Waals surface area contributed by atoms with E-state index in [4.69, 9.17) is 5.73 Å². The molecule has 1 saturated carbocycles. The molecule has 0 spiro atoms. The van der Waals surface area contributed by atoms with Crippen LogP contribution in [0.1, 0.15) is 30.1 Å². The monoisotopic (exact) mass is 339 g/mol. The molecule has 1 aliphatic carbocycles. The van der Waals surface area contributed by atoms with Gasteiger partial charge in [0.15, 0.2) is 0 Å². The second-order valence-corrected chi connectivity index (χ2v) is 6.19. The van der Waals surface area contributed by atoms with Crippen molar-refractivity contribution in [1.82, 2.24) is 4.98 Å². The van der Waals surface area contributed by atoms with Crippen molar-refractivity contribution in [3.05, 3.63) is 42.1 Å². The average Bonchev–Trinajstić information content (AvgIpc) is 3.37. The zero-order valence-electron chi connectivity index (χ0n) is 14.0. The summed E-state index contributed by atoms with van der Waals surface area (Å²) in [6.07, 6.45) is 3.90. The van der Waals surface area contributed by atoms with Crippen molar-refractivity contribution < 1.29 is 9.59 Å². The Hall–Kier alpha value is -3.09. The Balaban J connectivity index is 1.78. The van der Waals surface area contributed by atoms with E-state index in [0.717, 1.165) is 12.2 Å². The highest BCUT2D eigenvalue weighted by molar-refractivity contribution is 5.98. The van der Waals surface area contributed by atoms with E-state index in [1.807, 2.05) is 18.2 Å². The number of pyridine rings is 1. The van der Waals surface area contributed by atoms with Crippen LogP contribution in [-0.2, 0) is 4.79 Å². The Kier molecular flexibility index (Phi) is 4.83. The molecule has 0 bridgehead atoms. The van der Waals surface area contributed by atoms with Crippen molar-refractivity contribution in [2.24, 2.45) is 11.7 Å². The Morgan fingerprint density at radius 1 is 1.24 bits per heavy atom. The Bertz CT molecular complexity index is 802. The number of aromatic nitrogens is 1. The number of nitrogens with zero attached hydrogens (tertiary/aromatic N) is 1. The molecule has 0 aliphatic heterocycles. The van der Waals surface area contributed by atoms with Crippen LogP contribution in [0.5, 0.6) is 0 Å². The molecule has 2 aromatic rings. The molecule has 1 aromatic carbocycles. The summed E-state index contributed by atoms with van der Waals surface area (Å²) < 4.78 is 0. The summed E-state index contributed by atoms with van der Waals surface area (Å²) >= 11 is 0. The zero-order valence-corrected chi connectivity index (χ0v) is 14.0. The first-order chi connectivity index (χ1) is 12.0. The normalized spacial score (nSPS) is 13.2. The number of hydrogen-bond donors (Lipinski definition) is 4. The highest BCUT2D eigenvalue weighted by Crippen LogP contribution is 2.30. The fraction of sp³-hybridized carbons (Fsp3) is 0.278. The minimum absolute atomic E-state index is 0.132. The lowest BCUT2D eigenvalue weighted by atomic mass is 10.2. The number of carbonyl (C=O) groups is 2. The molecule has 2 amide bonds. The van der Waals surface area contributed by atoms with Gasteiger partial charge < -0.3 is 21.7 Å². The van der Waals surface area contributed by atoms with Crippen LogP contribution in [0.15, 0.2) is 36.5 Å². The highest BCUT2D eigenvalue weighted by atomic mass is 16.1. The van der Waals surface area contributed by atoms with Gasteiger partial charge in [0.2, 0.25) is 5.91 Å². The van der Waals surface area contributed by atoms with Crippen LogP contribution < -0.4 is 21.7 Å². The van der Waals surface area contributed by atoms with Gasteiger partial charge in [-0.2, -0.15) is 0 Å². The third-order valence-corrected chi connectivity index (χ3v) is 3.90. The standard InChI is InChI=1S/C18H21N5O2/c1-11(24)22-13-3-2-4-14(7-13)23-17-8-16(20-9-12-5-6-12)15(10-21-17)18(19)25/h2-4,7-8,10,12H,5-6,9H2,1H3,(H2,19,25)(H,22,24)(H2,20,21,23). The van der Waals surface area contributed by atoms with Crippen LogP contribution in [0.3, 0.4) is 0 Å². The van der Waals surface area contributed by atoms with Crippen molar-refractivity contribution in [2.75, 3.05) is 22.5 Å². The molecule has 1 aromatic heterocycles. The molecule has 1 aliphatic rings. The molecule has 3 rings (SSSR count). The largest absolute Gasteiger partial charge is 0.384 e. The lowest BCUT2D eigenvalue weighted by Crippen LogP contribution is -2.16. The summed E-state index contributed by atoms with van der Waals surface area (Å²) in [6.45, 7) is 2.28. The fourth-order valence-electron chi connectivity index (χ4n) is 2.47. The van der Waals surface area contributed by atoms with Gasteiger partial charge in [-0.25, -0.2) is 4.98 Å². The van der Waals surface area contributed by atoms with Crippen molar-refractivity contribution in [3.8, 4) is 0 Å². The average molecular weight is 339 g/mol. The molecule has 7 nitrogen and oxygen atoms in total. The summed E-state index contributed by atoms with van der Waals surface area (Å²) in [7, 11) is 0. The number of benzene rings is 1. The highest BCUT2D eigenvalue weighted by Gasteiger charge is 2.21. The van der Waals surface area contributed by atoms with Gasteiger partial charge in [-0.3, -0.25) is 9.59 Å². The van der Waals surface area contributed by atoms with Gasteiger partial charge in [-0.05, 0) is 37.0 Å². The van der Waals surface area contributed by atoms with Crippen LogP contribution in [0.2, 0.25) is 0 Å². The summed E-state index contributed by atoms with van der Waals surface area (Å²) in [5.74, 6) is 0.612. The SMILES string of the molecule is CC(=O)Nc1cccc(Nc2cc(NCC3CC3)c(C(N)=O)cn2)c1. The first-order valence-electron chi connectivity index (χ1n) is 8.19. The van der Waals surface area contributed by atoms with Crippen molar-refractivity contribution >= 4 is 34.7 Å². The quantitative estimate of drug-likeness (QED) is 0.620. The molecule has 0 radical (unpaired) electrons. The van der Waals surface area contributed by atoms with Crippen LogP contribution in [-0.4, -0.2) is 23.3 Å². The van der Waals surface area contributed by atoms with E-state index >= 15 is 0 Å².